The number of hydrogen-bond acceptors (Lipinski definition) is 13. The number of likely N-dealkylation sites (N-methyl/N-ethyl adjacent to an activating group) is 2. The van der Waals surface area contributed by atoms with Crippen LogP contribution in [-0.2, 0) is 52.7 Å². The second-order valence-corrected chi connectivity index (χ2v) is 19.6. The maximum atomic E-state index is 14.2. The molecule has 1 fully saturated rings. The number of aliphatic hydroxyl groups is 1. The monoisotopic (exact) mass is 1070 g/mol. The molecule has 14 N–H and O–H groups in total. The first-order valence-electron chi connectivity index (χ1n) is 26.0. The van der Waals surface area contributed by atoms with E-state index in [1.54, 1.807) is 55.4 Å². The van der Waals surface area contributed by atoms with Crippen LogP contribution in [0.25, 0.3) is 0 Å². The Hall–Kier alpha value is -6.60. The van der Waals surface area contributed by atoms with E-state index in [-0.39, 0.29) is 50.6 Å². The van der Waals surface area contributed by atoms with Gasteiger partial charge in [0.1, 0.15) is 48.3 Å². The first-order chi connectivity index (χ1) is 35.1. The predicted octanol–water partition coefficient (Wildman–Crippen LogP) is -2.17. The fourth-order valence-electron chi connectivity index (χ4n) is 8.08. The minimum atomic E-state index is -1.68. The lowest BCUT2D eigenvalue weighted by Gasteiger charge is -2.32. The number of hydrogen-bond donors (Lipinski definition) is 12. The zero-order valence-electron chi connectivity index (χ0n) is 45.7. The molecular weight excluding hydrogens is 979 g/mol. The van der Waals surface area contributed by atoms with Crippen molar-refractivity contribution in [1.82, 2.24) is 52.3 Å². The average Bonchev–Trinajstić information content (AvgIpc) is 3.84. The molecule has 0 saturated carbocycles. The van der Waals surface area contributed by atoms with Crippen molar-refractivity contribution in [3.63, 3.8) is 0 Å². The number of nitrogens with zero attached hydrogens (tertiary/aromatic N) is 3. The van der Waals surface area contributed by atoms with E-state index in [2.05, 4.69) is 47.5 Å². The average molecular weight is 1070 g/mol. The number of nitrogens with one attached hydrogen (secondary N) is 8. The molecule has 426 valence electrons. The summed E-state index contributed by atoms with van der Waals surface area (Å²) in [6.07, 6.45) is 0.101. The molecule has 1 aliphatic heterocycles. The molecule has 0 spiro atoms. The molecule has 26 heteroatoms. The molecule has 0 unspecified atom stereocenters. The third-order valence-electron chi connectivity index (χ3n) is 13.1. The highest BCUT2D eigenvalue weighted by molar-refractivity contribution is 5.98. The Labute approximate surface area is 440 Å². The highest BCUT2D eigenvalue weighted by Crippen LogP contribution is 2.21. The summed E-state index contributed by atoms with van der Waals surface area (Å²) in [7, 11) is 1.36. The van der Waals surface area contributed by atoms with E-state index in [1.165, 1.54) is 25.8 Å². The molecule has 10 amide bonds. The van der Waals surface area contributed by atoms with Gasteiger partial charge in [-0.05, 0) is 70.1 Å². The number of nitrogens with two attached hydrogens (primary N) is 2. The summed E-state index contributed by atoms with van der Waals surface area (Å²) < 4.78 is 0. The number of likely N-dealkylation sites (tertiary alicyclic amines) is 1. The lowest BCUT2D eigenvalue weighted by atomic mass is 9.95. The van der Waals surface area contributed by atoms with Crippen LogP contribution in [0, 0.1) is 17.8 Å². The van der Waals surface area contributed by atoms with Crippen LogP contribution in [0.15, 0.2) is 4.99 Å². The highest BCUT2D eigenvalue weighted by atomic mass is 16.4. The van der Waals surface area contributed by atoms with E-state index < -0.39 is 144 Å². The van der Waals surface area contributed by atoms with Gasteiger partial charge in [0.25, 0.3) is 0 Å². The predicted molar refractivity (Wildman–Crippen MR) is 277 cm³/mol. The van der Waals surface area contributed by atoms with Gasteiger partial charge in [0.15, 0.2) is 5.96 Å². The number of carbonyl (C=O) groups is 11. The van der Waals surface area contributed by atoms with Crippen LogP contribution < -0.4 is 54.0 Å². The zero-order chi connectivity index (χ0) is 57.3. The van der Waals surface area contributed by atoms with Crippen molar-refractivity contribution in [1.29, 1.82) is 0 Å². The van der Waals surface area contributed by atoms with Gasteiger partial charge in [0.2, 0.25) is 59.1 Å². The number of rotatable bonds is 33. The smallest absolute Gasteiger partial charge is 0.303 e. The van der Waals surface area contributed by atoms with Crippen molar-refractivity contribution in [3.8, 4) is 0 Å². The van der Waals surface area contributed by atoms with Crippen molar-refractivity contribution in [2.75, 3.05) is 33.2 Å². The topological polar surface area (TPSA) is 395 Å². The van der Waals surface area contributed by atoms with Crippen LogP contribution in [-0.4, -0.2) is 179 Å². The molecule has 0 aromatic carbocycles. The Kier molecular flexibility index (Phi) is 29.5. The second-order valence-electron chi connectivity index (χ2n) is 19.6. The molecule has 75 heavy (non-hydrogen) atoms. The number of amides is 10. The Morgan fingerprint density at radius 1 is 0.667 bits per heavy atom. The highest BCUT2D eigenvalue weighted by Gasteiger charge is 2.40. The van der Waals surface area contributed by atoms with E-state index in [0.29, 0.717) is 38.6 Å². The standard InChI is InChI=1S/C49H87N13O13/c1-12-18-31(41(68)58-38(27(7)13-2)45(72)56-33(19-16-23-53-49(50)51)48(75)62-24-17-20-34(62)43(70)52-15-4)55-47(74)40(29(9)63)60-46(73)39(28(8)14-3)59-44(71)37(26(5)6)57-42(69)32(21-22-36(66)67)54-35(65)25-61(11)30(10)64/h26-29,31-34,37-40,63H,12-25H2,1-11H3,(H,52,70)(H,54,65)(H,55,74)(H,56,72)(H,57,69)(H,58,68)(H,59,71)(H,60,73)(H,66,67)(H4,50,51,53)/t27-,28-,29+,31-,32-,33-,34-,37-,38-,39+,40-/m0/s1. The summed E-state index contributed by atoms with van der Waals surface area (Å²) in [5.74, 6) is -10.2. The van der Waals surface area contributed by atoms with E-state index in [9.17, 15) is 63.0 Å². The zero-order valence-corrected chi connectivity index (χ0v) is 45.7. The van der Waals surface area contributed by atoms with Crippen LogP contribution >= 0.6 is 0 Å². The summed E-state index contributed by atoms with van der Waals surface area (Å²) in [4.78, 5) is 153. The molecule has 0 aromatic heterocycles. The third kappa shape index (κ3) is 22.4. The van der Waals surface area contributed by atoms with Crippen LogP contribution in [0.4, 0.5) is 0 Å². The summed E-state index contributed by atoms with van der Waals surface area (Å²) in [6, 6.07) is -10.1. The lowest BCUT2D eigenvalue weighted by Crippen LogP contribution is -2.63. The maximum Gasteiger partial charge on any atom is 0.303 e. The van der Waals surface area contributed by atoms with Crippen molar-refractivity contribution < 1.29 is 63.0 Å². The molecule has 0 bridgehead atoms. The van der Waals surface area contributed by atoms with Gasteiger partial charge in [0.05, 0.1) is 12.6 Å². The third-order valence-corrected chi connectivity index (χ3v) is 13.1. The Morgan fingerprint density at radius 3 is 1.65 bits per heavy atom. The van der Waals surface area contributed by atoms with Gasteiger partial charge in [-0.1, -0.05) is 67.7 Å². The molecule has 0 aliphatic carbocycles. The molecule has 11 atom stereocenters. The number of aliphatic imine (C=N–C) groups is 1. The van der Waals surface area contributed by atoms with E-state index in [4.69, 9.17) is 11.5 Å². The summed E-state index contributed by atoms with van der Waals surface area (Å²) in [5.41, 5.74) is 11.0. The van der Waals surface area contributed by atoms with Crippen LogP contribution in [0.1, 0.15) is 133 Å². The minimum Gasteiger partial charge on any atom is -0.481 e. The van der Waals surface area contributed by atoms with Crippen molar-refractivity contribution in [2.24, 2.45) is 34.2 Å². The Morgan fingerprint density at radius 2 is 1.16 bits per heavy atom. The van der Waals surface area contributed by atoms with Crippen LogP contribution in [0.2, 0.25) is 0 Å². The van der Waals surface area contributed by atoms with Gasteiger partial charge in [0, 0.05) is 40.0 Å². The fraction of sp³-hybridized carbons (Fsp3) is 0.755. The number of aliphatic carboxylic acids is 1. The second kappa shape index (κ2) is 33.3. The van der Waals surface area contributed by atoms with Gasteiger partial charge in [-0.2, -0.15) is 0 Å². The molecule has 26 nitrogen and oxygen atoms in total. The van der Waals surface area contributed by atoms with E-state index in [0.717, 1.165) is 4.90 Å². The molecule has 1 heterocycles. The number of carboxylic acid groups (broad SMARTS) is 1. The summed E-state index contributed by atoms with van der Waals surface area (Å²) in [5, 5.41) is 41.2. The van der Waals surface area contributed by atoms with Crippen LogP contribution in [0.5, 0.6) is 0 Å². The largest absolute Gasteiger partial charge is 0.481 e. The van der Waals surface area contributed by atoms with E-state index in [1.807, 2.05) is 0 Å². The quantitative estimate of drug-likeness (QED) is 0.0189. The van der Waals surface area contributed by atoms with Gasteiger partial charge in [-0.15, -0.1) is 0 Å². The first-order valence-corrected chi connectivity index (χ1v) is 26.0. The Balaban J connectivity index is 3.40. The number of guanidine groups is 1. The normalized spacial score (nSPS) is 17.1. The van der Waals surface area contributed by atoms with Crippen molar-refractivity contribution in [2.45, 2.75) is 188 Å². The van der Waals surface area contributed by atoms with Gasteiger partial charge in [-0.25, -0.2) is 0 Å². The van der Waals surface area contributed by atoms with Crippen molar-refractivity contribution >= 4 is 71.0 Å². The molecule has 1 aliphatic rings. The number of carbonyl (C=O) groups excluding carboxylic acids is 10. The minimum absolute atomic E-state index is 0.0547. The number of aliphatic hydroxyl groups excluding tert-OH is 1. The maximum absolute atomic E-state index is 14.2. The Bertz CT molecular complexity index is 2000. The van der Waals surface area contributed by atoms with Gasteiger partial charge >= 0.3 is 5.97 Å². The molecule has 1 rings (SSSR count). The molecular formula is C49H87N13O13. The van der Waals surface area contributed by atoms with Gasteiger partial charge < -0.3 is 74.0 Å². The lowest BCUT2D eigenvalue weighted by molar-refractivity contribution is -0.142. The summed E-state index contributed by atoms with van der Waals surface area (Å²) >= 11 is 0. The van der Waals surface area contributed by atoms with Gasteiger partial charge in [-0.3, -0.25) is 57.7 Å². The fourth-order valence-corrected chi connectivity index (χ4v) is 8.08. The SMILES string of the molecule is CCC[C@H](NC(=O)[C@@H](NC(=O)[C@H](NC(=O)[C@@H](NC(=O)[C@H](CCC(=O)O)NC(=O)CN(C)C(C)=O)C(C)C)[C@@H](C)CC)[C@@H](C)O)C(=O)N[C@H](C(=O)N[C@@H](CCCN=C(N)N)C(=O)N1CCC[C@H]1C(=O)NCC)[C@@H](C)CC. The van der Waals surface area contributed by atoms with E-state index >= 15 is 0 Å². The molecule has 0 radical (unpaired) electrons. The van der Waals surface area contributed by atoms with Crippen LogP contribution in [0.3, 0.4) is 0 Å². The van der Waals surface area contributed by atoms with Crippen molar-refractivity contribution in [3.05, 3.63) is 0 Å². The molecule has 1 saturated heterocycles. The number of carboxylic acids is 1. The first kappa shape index (κ1) is 66.4. The summed E-state index contributed by atoms with van der Waals surface area (Å²) in [6.45, 7) is 16.4. The molecule has 0 aromatic rings.